The van der Waals surface area contributed by atoms with E-state index in [1.54, 1.807) is 29.2 Å². The fourth-order valence-electron chi connectivity index (χ4n) is 2.53. The number of ether oxygens (including phenoxy) is 1. The van der Waals surface area contributed by atoms with Crippen LogP contribution < -0.4 is 10.6 Å². The summed E-state index contributed by atoms with van der Waals surface area (Å²) in [6.07, 6.45) is 0.424. The maximum Gasteiger partial charge on any atom is 0.339 e. The number of carbonyl (C=O) groups excluding carboxylic acids is 2. The molecular weight excluding hydrogens is 244 g/mol. The summed E-state index contributed by atoms with van der Waals surface area (Å²) in [7, 11) is 1.33. The number of carbonyl (C=O) groups is 2. The third-order valence-corrected chi connectivity index (χ3v) is 3.67. The van der Waals surface area contributed by atoms with Crippen LogP contribution in [0.5, 0.6) is 0 Å². The maximum absolute atomic E-state index is 12.1. The van der Waals surface area contributed by atoms with Crippen LogP contribution in [-0.2, 0) is 9.53 Å². The van der Waals surface area contributed by atoms with Crippen molar-refractivity contribution in [3.05, 3.63) is 29.8 Å². The number of nitrogens with zero attached hydrogens (tertiary/aromatic N) is 1. The van der Waals surface area contributed by atoms with Gasteiger partial charge in [-0.15, -0.1) is 0 Å². The van der Waals surface area contributed by atoms with Crippen LogP contribution in [0.3, 0.4) is 0 Å². The van der Waals surface area contributed by atoms with Crippen LogP contribution in [0.25, 0.3) is 0 Å². The normalized spacial score (nSPS) is 22.7. The topological polar surface area (TPSA) is 72.6 Å². The Bertz CT molecular complexity index is 501. The number of amides is 1. The minimum absolute atomic E-state index is 0.000645. The fourth-order valence-corrected chi connectivity index (χ4v) is 2.53. The zero-order chi connectivity index (χ0) is 14.0. The Morgan fingerprint density at radius 1 is 1.47 bits per heavy atom. The highest BCUT2D eigenvalue weighted by atomic mass is 16.5. The lowest BCUT2D eigenvalue weighted by Gasteiger charge is -2.25. The molecule has 102 valence electrons. The van der Waals surface area contributed by atoms with Gasteiger partial charge in [0.15, 0.2) is 0 Å². The van der Waals surface area contributed by atoms with Crippen LogP contribution in [0.1, 0.15) is 23.7 Å². The maximum atomic E-state index is 12.1. The lowest BCUT2D eigenvalue weighted by Crippen LogP contribution is -2.35. The van der Waals surface area contributed by atoms with Crippen molar-refractivity contribution in [2.24, 2.45) is 11.7 Å². The molecule has 2 unspecified atom stereocenters. The Labute approximate surface area is 112 Å². The Morgan fingerprint density at radius 2 is 2.16 bits per heavy atom. The Kier molecular flexibility index (Phi) is 3.85. The average molecular weight is 262 g/mol. The first-order valence-electron chi connectivity index (χ1n) is 6.29. The lowest BCUT2D eigenvalue weighted by atomic mass is 10.0. The van der Waals surface area contributed by atoms with Gasteiger partial charge in [-0.1, -0.05) is 12.1 Å². The molecule has 0 saturated carbocycles. The lowest BCUT2D eigenvalue weighted by molar-refractivity contribution is -0.117. The number of hydrogen-bond acceptors (Lipinski definition) is 4. The Hall–Kier alpha value is -1.88. The van der Waals surface area contributed by atoms with E-state index in [-0.39, 0.29) is 17.9 Å². The van der Waals surface area contributed by atoms with Crippen molar-refractivity contribution in [3.8, 4) is 0 Å². The number of hydrogen-bond donors (Lipinski definition) is 1. The average Bonchev–Trinajstić information content (AvgIpc) is 2.72. The second-order valence-electron chi connectivity index (χ2n) is 4.71. The predicted octanol–water partition coefficient (Wildman–Crippen LogP) is 1.17. The van der Waals surface area contributed by atoms with E-state index in [4.69, 9.17) is 10.5 Å². The highest BCUT2D eigenvalue weighted by Crippen LogP contribution is 2.32. The molecule has 1 aromatic carbocycles. The molecule has 1 aliphatic rings. The molecule has 1 saturated heterocycles. The molecule has 0 bridgehead atoms. The van der Waals surface area contributed by atoms with Gasteiger partial charge in [0.1, 0.15) is 0 Å². The summed E-state index contributed by atoms with van der Waals surface area (Å²) in [4.78, 5) is 25.6. The number of anilines is 1. The first-order chi connectivity index (χ1) is 9.10. The van der Waals surface area contributed by atoms with E-state index in [2.05, 4.69) is 0 Å². The van der Waals surface area contributed by atoms with Gasteiger partial charge in [0, 0.05) is 18.4 Å². The molecule has 19 heavy (non-hydrogen) atoms. The molecule has 0 aliphatic carbocycles. The third-order valence-electron chi connectivity index (χ3n) is 3.67. The molecule has 2 rings (SSSR count). The molecule has 0 aromatic heterocycles. The molecular formula is C14H18N2O3. The molecule has 1 heterocycles. The minimum Gasteiger partial charge on any atom is -0.465 e. The standard InChI is InChI=1S/C14H18N2O3/c1-9-10(8-15)7-13(17)16(9)12-6-4-3-5-11(12)14(18)19-2/h3-6,9-10H,7-8,15H2,1-2H3. The van der Waals surface area contributed by atoms with Crippen LogP contribution >= 0.6 is 0 Å². The number of methoxy groups -OCH3 is 1. The Balaban J connectivity index is 2.42. The third kappa shape index (κ3) is 2.33. The smallest absolute Gasteiger partial charge is 0.339 e. The highest BCUT2D eigenvalue weighted by Gasteiger charge is 2.38. The number of benzene rings is 1. The van der Waals surface area contributed by atoms with Gasteiger partial charge >= 0.3 is 5.97 Å². The van der Waals surface area contributed by atoms with Gasteiger partial charge in [-0.3, -0.25) is 4.79 Å². The molecule has 0 radical (unpaired) electrons. The van der Waals surface area contributed by atoms with Crippen molar-refractivity contribution < 1.29 is 14.3 Å². The van der Waals surface area contributed by atoms with Crippen LogP contribution in [0.4, 0.5) is 5.69 Å². The minimum atomic E-state index is -0.438. The number of nitrogens with two attached hydrogens (primary N) is 1. The van der Waals surface area contributed by atoms with Gasteiger partial charge in [0.05, 0.1) is 18.4 Å². The van der Waals surface area contributed by atoms with E-state index in [0.29, 0.717) is 24.2 Å². The van der Waals surface area contributed by atoms with Gasteiger partial charge in [0.2, 0.25) is 5.91 Å². The summed E-state index contributed by atoms with van der Waals surface area (Å²) >= 11 is 0. The van der Waals surface area contributed by atoms with Crippen LogP contribution in [0.15, 0.2) is 24.3 Å². The summed E-state index contributed by atoms with van der Waals surface area (Å²) in [5, 5.41) is 0. The van der Waals surface area contributed by atoms with Crippen molar-refractivity contribution >= 4 is 17.6 Å². The zero-order valence-electron chi connectivity index (χ0n) is 11.1. The first-order valence-corrected chi connectivity index (χ1v) is 6.29. The van der Waals surface area contributed by atoms with Gasteiger partial charge in [0.25, 0.3) is 0 Å². The van der Waals surface area contributed by atoms with E-state index >= 15 is 0 Å². The molecule has 1 aromatic rings. The molecule has 1 fully saturated rings. The van der Waals surface area contributed by atoms with E-state index in [1.165, 1.54) is 7.11 Å². The summed E-state index contributed by atoms with van der Waals surface area (Å²) in [5.41, 5.74) is 6.69. The molecule has 2 N–H and O–H groups in total. The fraction of sp³-hybridized carbons (Fsp3) is 0.429. The number of para-hydroxylation sites is 1. The van der Waals surface area contributed by atoms with Gasteiger partial charge in [-0.2, -0.15) is 0 Å². The zero-order valence-corrected chi connectivity index (χ0v) is 11.1. The highest BCUT2D eigenvalue weighted by molar-refractivity contribution is 6.04. The second kappa shape index (κ2) is 5.40. The van der Waals surface area contributed by atoms with Crippen molar-refractivity contribution in [3.63, 3.8) is 0 Å². The predicted molar refractivity (Wildman–Crippen MR) is 71.9 cm³/mol. The second-order valence-corrected chi connectivity index (χ2v) is 4.71. The van der Waals surface area contributed by atoms with E-state index in [1.807, 2.05) is 6.92 Å². The van der Waals surface area contributed by atoms with Gasteiger partial charge in [-0.25, -0.2) is 4.79 Å². The summed E-state index contributed by atoms with van der Waals surface area (Å²) in [6.45, 7) is 2.42. The molecule has 1 aliphatic heterocycles. The molecule has 0 spiro atoms. The molecule has 2 atom stereocenters. The van der Waals surface area contributed by atoms with Crippen molar-refractivity contribution in [1.82, 2.24) is 0 Å². The van der Waals surface area contributed by atoms with Crippen molar-refractivity contribution in [2.75, 3.05) is 18.6 Å². The van der Waals surface area contributed by atoms with E-state index in [0.717, 1.165) is 0 Å². The van der Waals surface area contributed by atoms with Crippen LogP contribution in [-0.4, -0.2) is 31.6 Å². The van der Waals surface area contributed by atoms with Crippen molar-refractivity contribution in [2.45, 2.75) is 19.4 Å². The monoisotopic (exact) mass is 262 g/mol. The van der Waals surface area contributed by atoms with E-state index in [9.17, 15) is 9.59 Å². The molecule has 1 amide bonds. The van der Waals surface area contributed by atoms with E-state index < -0.39 is 5.97 Å². The molecule has 5 heteroatoms. The summed E-state index contributed by atoms with van der Waals surface area (Å²) in [5.74, 6) is -0.315. The van der Waals surface area contributed by atoms with Crippen LogP contribution in [0, 0.1) is 5.92 Å². The number of esters is 1. The first kappa shape index (κ1) is 13.5. The molecule has 5 nitrogen and oxygen atoms in total. The Morgan fingerprint density at radius 3 is 2.74 bits per heavy atom. The quantitative estimate of drug-likeness (QED) is 0.830. The SMILES string of the molecule is COC(=O)c1ccccc1N1C(=O)CC(CN)C1C. The summed E-state index contributed by atoms with van der Waals surface area (Å²) < 4.78 is 4.76. The number of rotatable bonds is 3. The summed E-state index contributed by atoms with van der Waals surface area (Å²) in [6, 6.07) is 6.97. The van der Waals surface area contributed by atoms with Gasteiger partial charge < -0.3 is 15.4 Å². The van der Waals surface area contributed by atoms with Crippen LogP contribution in [0.2, 0.25) is 0 Å². The van der Waals surface area contributed by atoms with Crippen molar-refractivity contribution in [1.29, 1.82) is 0 Å². The largest absolute Gasteiger partial charge is 0.465 e. The van der Waals surface area contributed by atoms with Gasteiger partial charge in [-0.05, 0) is 25.6 Å².